The Bertz CT molecular complexity index is 191. The summed E-state index contributed by atoms with van der Waals surface area (Å²) < 4.78 is 5.85. The maximum atomic E-state index is 10.5. The van der Waals surface area contributed by atoms with E-state index in [1.54, 1.807) is 6.92 Å². The number of methoxy groups -OCH3 is 1. The minimum atomic E-state index is -1.07. The Kier molecular flexibility index (Phi) is 6.37. The van der Waals surface area contributed by atoms with Crippen molar-refractivity contribution < 1.29 is 19.1 Å². The van der Waals surface area contributed by atoms with Crippen LogP contribution in [-0.2, 0) is 9.53 Å². The monoisotopic (exact) mass is 225 g/mol. The van der Waals surface area contributed by atoms with Gasteiger partial charge in [-0.25, -0.2) is 0 Å². The average molecular weight is 226 g/mol. The van der Waals surface area contributed by atoms with Gasteiger partial charge in [0.25, 0.3) is 0 Å². The Morgan fingerprint density at radius 3 is 2.07 bits per heavy atom. The van der Waals surface area contributed by atoms with Gasteiger partial charge in [0.15, 0.2) is 0 Å². The third kappa shape index (κ3) is 7.12. The van der Waals surface area contributed by atoms with Gasteiger partial charge in [-0.15, -0.1) is 12.4 Å². The molecule has 0 aliphatic carbocycles. The molecule has 0 aromatic rings. The van der Waals surface area contributed by atoms with E-state index >= 15 is 0 Å². The maximum Gasteiger partial charge on any atom is 0.119 e. The predicted molar refractivity (Wildman–Crippen MR) is 55.2 cm³/mol. The van der Waals surface area contributed by atoms with Gasteiger partial charge in [-0.05, 0) is 6.92 Å². The third-order valence-electron chi connectivity index (χ3n) is 1.82. The average Bonchev–Trinajstić information content (AvgIpc) is 1.81. The summed E-state index contributed by atoms with van der Waals surface area (Å²) in [5.74, 6) is -1.07. The Labute approximate surface area is 91.9 Å². The van der Waals surface area contributed by atoms with E-state index in [2.05, 4.69) is 0 Å². The molecule has 0 amide bonds. The van der Waals surface area contributed by atoms with E-state index < -0.39 is 11.6 Å². The molecule has 86 valence electrons. The topological polar surface area (TPSA) is 49.4 Å². The van der Waals surface area contributed by atoms with Crippen LogP contribution in [0.1, 0.15) is 13.3 Å². The zero-order chi connectivity index (χ0) is 10.7. The van der Waals surface area contributed by atoms with E-state index in [-0.39, 0.29) is 18.8 Å². The molecule has 1 unspecified atom stereocenters. The lowest BCUT2D eigenvalue weighted by molar-refractivity contribution is -0.876. The number of ether oxygens (including phenoxy) is 1. The second kappa shape index (κ2) is 5.53. The van der Waals surface area contributed by atoms with Crippen LogP contribution >= 0.6 is 12.4 Å². The number of carboxylic acid groups (broad SMARTS) is 1. The number of hydrogen-bond donors (Lipinski definition) is 0. The highest BCUT2D eigenvalue weighted by atomic mass is 35.5. The molecule has 1 atom stereocenters. The number of rotatable bonds is 5. The molecule has 0 aromatic carbocycles. The number of aliphatic carboxylic acids is 1. The van der Waals surface area contributed by atoms with E-state index in [0.29, 0.717) is 11.0 Å². The summed E-state index contributed by atoms with van der Waals surface area (Å²) in [6.07, 6.45) is -0.0704. The van der Waals surface area contributed by atoms with Gasteiger partial charge in [0.05, 0.1) is 21.1 Å². The molecule has 0 aromatic heterocycles. The van der Waals surface area contributed by atoms with Gasteiger partial charge in [-0.1, -0.05) is 0 Å². The summed E-state index contributed by atoms with van der Waals surface area (Å²) in [7, 11) is 7.50. The molecule has 5 heteroatoms. The fraction of sp³-hybridized carbons (Fsp3) is 0.889. The van der Waals surface area contributed by atoms with Crippen molar-refractivity contribution in [2.24, 2.45) is 0 Å². The van der Waals surface area contributed by atoms with Gasteiger partial charge in [0.1, 0.15) is 12.1 Å². The number of carboxylic acids is 1. The molecule has 0 N–H and O–H groups in total. The summed E-state index contributed by atoms with van der Waals surface area (Å²) in [5.41, 5.74) is -0.642. The van der Waals surface area contributed by atoms with Crippen LogP contribution in [0.5, 0.6) is 0 Å². The third-order valence-corrected chi connectivity index (χ3v) is 1.82. The number of likely N-dealkylation sites (N-methyl/N-ethyl adjacent to an activating group) is 1. The summed E-state index contributed by atoms with van der Waals surface area (Å²) in [5, 5.41) is 10.5. The predicted octanol–water partition coefficient (Wildman–Crippen LogP) is -0.340. The summed E-state index contributed by atoms with van der Waals surface area (Å²) in [6.45, 7) is 2.42. The number of hydrogen-bond acceptors (Lipinski definition) is 3. The molecule has 14 heavy (non-hydrogen) atoms. The molecule has 4 nitrogen and oxygen atoms in total. The van der Waals surface area contributed by atoms with Crippen molar-refractivity contribution in [2.75, 3.05) is 34.8 Å². The lowest BCUT2D eigenvalue weighted by Crippen LogP contribution is -2.51. The summed E-state index contributed by atoms with van der Waals surface area (Å²) >= 11 is 0. The fourth-order valence-corrected chi connectivity index (χ4v) is 1.50. The molecule has 0 radical (unpaired) electrons. The van der Waals surface area contributed by atoms with Gasteiger partial charge in [-0.3, -0.25) is 0 Å². The van der Waals surface area contributed by atoms with Gasteiger partial charge in [0, 0.05) is 19.5 Å². The molecule has 0 heterocycles. The standard InChI is InChI=1S/C9H19NO3.ClH/c1-9(13-5,6-8(11)12)7-10(2,3)4;/h6-7H2,1-5H3;1H. The minimum absolute atomic E-state index is 0. The number of nitrogens with zero attached hydrogens (tertiary/aromatic N) is 1. The van der Waals surface area contributed by atoms with Crippen molar-refractivity contribution in [3.05, 3.63) is 0 Å². The normalized spacial score (nSPS) is 15.5. The number of halogens is 1. The highest BCUT2D eigenvalue weighted by Gasteiger charge is 2.30. The van der Waals surface area contributed by atoms with E-state index in [0.717, 1.165) is 0 Å². The van der Waals surface area contributed by atoms with Crippen LogP contribution in [0.25, 0.3) is 0 Å². The first-order chi connectivity index (χ1) is 5.68. The highest BCUT2D eigenvalue weighted by molar-refractivity contribution is 5.85. The molecule has 0 fully saturated rings. The Balaban J connectivity index is 0. The number of quaternary nitrogens is 1. The molecule has 0 rings (SSSR count). The smallest absolute Gasteiger partial charge is 0.119 e. The van der Waals surface area contributed by atoms with Crippen LogP contribution in [0.2, 0.25) is 0 Å². The second-order valence-corrected chi connectivity index (χ2v) is 4.65. The molecule has 0 bridgehead atoms. The highest BCUT2D eigenvalue weighted by Crippen LogP contribution is 2.17. The Morgan fingerprint density at radius 2 is 1.86 bits per heavy atom. The maximum absolute atomic E-state index is 10.5. The van der Waals surface area contributed by atoms with Gasteiger partial charge in [-0.2, -0.15) is 0 Å². The van der Waals surface area contributed by atoms with Crippen LogP contribution in [0.15, 0.2) is 0 Å². The quantitative estimate of drug-likeness (QED) is 0.602. The molecule has 0 saturated carbocycles. The van der Waals surface area contributed by atoms with Gasteiger partial charge < -0.3 is 19.1 Å². The number of carbonyl (C=O) groups excluding carboxylic acids is 1. The van der Waals surface area contributed by atoms with Crippen molar-refractivity contribution >= 4 is 18.4 Å². The largest absolute Gasteiger partial charge is 0.550 e. The van der Waals surface area contributed by atoms with Crippen molar-refractivity contribution in [1.29, 1.82) is 0 Å². The molecule has 0 spiro atoms. The first-order valence-electron chi connectivity index (χ1n) is 4.24. The lowest BCUT2D eigenvalue weighted by atomic mass is 10.0. The molecule has 0 aliphatic rings. The van der Waals surface area contributed by atoms with Gasteiger partial charge in [0.2, 0.25) is 0 Å². The van der Waals surface area contributed by atoms with Crippen molar-refractivity contribution in [3.8, 4) is 0 Å². The van der Waals surface area contributed by atoms with Crippen molar-refractivity contribution in [2.45, 2.75) is 18.9 Å². The Morgan fingerprint density at radius 1 is 1.43 bits per heavy atom. The van der Waals surface area contributed by atoms with E-state index in [1.165, 1.54) is 7.11 Å². The minimum Gasteiger partial charge on any atom is -0.550 e. The number of carbonyl (C=O) groups is 1. The first-order valence-corrected chi connectivity index (χ1v) is 4.24. The van der Waals surface area contributed by atoms with Crippen molar-refractivity contribution in [3.63, 3.8) is 0 Å². The van der Waals surface area contributed by atoms with Gasteiger partial charge >= 0.3 is 0 Å². The van der Waals surface area contributed by atoms with Crippen LogP contribution in [0.3, 0.4) is 0 Å². The molecule has 0 aliphatic heterocycles. The van der Waals surface area contributed by atoms with Crippen LogP contribution < -0.4 is 5.11 Å². The van der Waals surface area contributed by atoms with E-state index in [1.807, 2.05) is 21.1 Å². The van der Waals surface area contributed by atoms with E-state index in [9.17, 15) is 9.90 Å². The molecular weight excluding hydrogens is 206 g/mol. The van der Waals surface area contributed by atoms with Crippen LogP contribution in [0, 0.1) is 0 Å². The van der Waals surface area contributed by atoms with E-state index in [4.69, 9.17) is 4.74 Å². The summed E-state index contributed by atoms with van der Waals surface area (Å²) in [4.78, 5) is 10.5. The fourth-order valence-electron chi connectivity index (χ4n) is 1.50. The SMILES string of the molecule is COC(C)(CC(=O)[O-])C[N+](C)(C)C.Cl. The Hall–Kier alpha value is -0.320. The lowest BCUT2D eigenvalue weighted by Gasteiger charge is -2.36. The van der Waals surface area contributed by atoms with Crippen LogP contribution in [-0.4, -0.2) is 50.9 Å². The second-order valence-electron chi connectivity index (χ2n) is 4.65. The van der Waals surface area contributed by atoms with Crippen LogP contribution in [0.4, 0.5) is 0 Å². The molecule has 0 saturated heterocycles. The zero-order valence-corrected chi connectivity index (χ0v) is 10.3. The molecular formula is C9H20ClNO3. The summed E-state index contributed by atoms with van der Waals surface area (Å²) in [6, 6.07) is 0. The first kappa shape index (κ1) is 16.1. The zero-order valence-electron chi connectivity index (χ0n) is 9.49. The van der Waals surface area contributed by atoms with Crippen molar-refractivity contribution in [1.82, 2.24) is 0 Å².